The van der Waals surface area contributed by atoms with Crippen LogP contribution in [0.2, 0.25) is 0 Å². The monoisotopic (exact) mass is 473 g/mol. The molecule has 0 atom stereocenters. The predicted molar refractivity (Wildman–Crippen MR) is 136 cm³/mol. The van der Waals surface area contributed by atoms with Gasteiger partial charge in [-0.3, -0.25) is 0 Å². The number of rotatable bonds is 11. The van der Waals surface area contributed by atoms with E-state index in [0.717, 1.165) is 29.2 Å². The summed E-state index contributed by atoms with van der Waals surface area (Å²) in [5.41, 5.74) is 5.25. The third-order valence-electron chi connectivity index (χ3n) is 5.48. The number of likely N-dealkylation sites (N-methyl/N-ethyl adjacent to an activating group) is 1. The number of hydrogen-bond acceptors (Lipinski definition) is 1. The largest absolute Gasteiger partial charge is 0.310 e. The molecule has 1 aromatic rings. The summed E-state index contributed by atoms with van der Waals surface area (Å²) in [6, 6.07) is 8.52. The minimum Gasteiger partial charge on any atom is -0.310 e. The molecule has 0 unspecified atom stereocenters. The van der Waals surface area contributed by atoms with Crippen LogP contribution in [0.15, 0.2) is 24.3 Å². The van der Waals surface area contributed by atoms with Crippen molar-refractivity contribution in [3.63, 3.8) is 0 Å². The van der Waals surface area contributed by atoms with E-state index in [4.69, 9.17) is 0 Å². The van der Waals surface area contributed by atoms with E-state index in [2.05, 4.69) is 98.7 Å². The van der Waals surface area contributed by atoms with Gasteiger partial charge in [0.25, 0.3) is 0 Å². The third kappa shape index (κ3) is 14.6. The molecule has 0 bridgehead atoms. The molecule has 0 N–H and O–H groups in total. The topological polar surface area (TPSA) is 3.24 Å². The van der Waals surface area contributed by atoms with Crippen LogP contribution in [0.3, 0.4) is 0 Å². The van der Waals surface area contributed by atoms with Crippen LogP contribution in [0.1, 0.15) is 67.4 Å². The Balaban J connectivity index is 0. The summed E-state index contributed by atoms with van der Waals surface area (Å²) in [5, 5.41) is 0. The molecule has 0 saturated heterocycles. The first-order valence-electron chi connectivity index (χ1n) is 11.1. The van der Waals surface area contributed by atoms with Gasteiger partial charge in [-0.05, 0) is 76.0 Å². The minimum absolute atomic E-state index is 0. The Morgan fingerprint density at radius 3 is 1.36 bits per heavy atom. The van der Waals surface area contributed by atoms with Crippen molar-refractivity contribution in [3.8, 4) is 0 Å². The molecule has 0 saturated carbocycles. The van der Waals surface area contributed by atoms with E-state index >= 15 is 0 Å². The molecule has 0 heterocycles. The summed E-state index contributed by atoms with van der Waals surface area (Å²) in [7, 11) is 3.98. The van der Waals surface area contributed by atoms with Gasteiger partial charge in [-0.2, -0.15) is 17.7 Å². The van der Waals surface area contributed by atoms with Gasteiger partial charge in [-0.25, -0.2) is 12.1 Å². The Labute approximate surface area is 190 Å². The standard InChI is InChI=1S/C15H34P2.C9H14N.Co/c1-12(2)16(13(3)4)10-9-11-17(14(5)6)15(7)8;1-10(2)8-7-9-5-3-4-6-9;/h12-15H,9-11H2,1-8H3;3-6H,7-8H2,1-2H3;/q;-1;/p+2. The second-order valence-electron chi connectivity index (χ2n) is 9.47. The van der Waals surface area contributed by atoms with Crippen LogP contribution in [-0.2, 0) is 23.2 Å². The van der Waals surface area contributed by atoms with Crippen LogP contribution in [0.4, 0.5) is 0 Å². The Morgan fingerprint density at radius 1 is 0.714 bits per heavy atom. The van der Waals surface area contributed by atoms with Gasteiger partial charge >= 0.3 is 0 Å². The number of hydrogen-bond donors (Lipinski definition) is 0. The van der Waals surface area contributed by atoms with Crippen LogP contribution < -0.4 is 0 Å². The number of nitrogens with zero attached hydrogens (tertiary/aromatic N) is 1. The van der Waals surface area contributed by atoms with Crippen LogP contribution in [0, 0.1) is 0 Å². The summed E-state index contributed by atoms with van der Waals surface area (Å²) in [6.07, 6.45) is 5.77. The van der Waals surface area contributed by atoms with Gasteiger partial charge in [0.2, 0.25) is 0 Å². The van der Waals surface area contributed by atoms with Gasteiger partial charge in [0.15, 0.2) is 0 Å². The van der Waals surface area contributed by atoms with Crippen LogP contribution >= 0.6 is 15.8 Å². The molecule has 0 aliphatic heterocycles. The van der Waals surface area contributed by atoms with Crippen LogP contribution in [0.5, 0.6) is 0 Å². The molecule has 169 valence electrons. The quantitative estimate of drug-likeness (QED) is 0.248. The maximum absolute atomic E-state index is 2.44. The van der Waals surface area contributed by atoms with Crippen molar-refractivity contribution in [2.24, 2.45) is 0 Å². The molecular formula is C24H50CoNP2+. The van der Waals surface area contributed by atoms with Gasteiger partial charge < -0.3 is 4.90 Å². The molecular weight excluding hydrogens is 423 g/mol. The smallest absolute Gasteiger partial charge is 0.0621 e. The molecule has 1 aromatic carbocycles. The molecule has 28 heavy (non-hydrogen) atoms. The van der Waals surface area contributed by atoms with Crippen molar-refractivity contribution in [1.29, 1.82) is 0 Å². The Kier molecular flexibility index (Phi) is 19.1. The Morgan fingerprint density at radius 2 is 1.07 bits per heavy atom. The second kappa shape index (κ2) is 17.4. The van der Waals surface area contributed by atoms with E-state index in [1.165, 1.54) is 18.4 Å². The SMILES string of the molecule is CC(C)[PH+](CCC[PH+](C(C)C)C(C)C)C(C)C.CN(C)CC[c-]1cccc1.[Co]. The fourth-order valence-corrected chi connectivity index (χ4v) is 10.4. The zero-order chi connectivity index (χ0) is 21.0. The Bertz CT molecular complexity index is 405. The molecule has 0 aliphatic carbocycles. The van der Waals surface area contributed by atoms with Crippen LogP contribution in [0.25, 0.3) is 0 Å². The molecule has 0 fully saturated rings. The van der Waals surface area contributed by atoms with E-state index in [0.29, 0.717) is 0 Å². The molecule has 1 nitrogen and oxygen atoms in total. The van der Waals surface area contributed by atoms with Crippen molar-refractivity contribution in [1.82, 2.24) is 4.90 Å². The van der Waals surface area contributed by atoms with Crippen molar-refractivity contribution < 1.29 is 16.8 Å². The van der Waals surface area contributed by atoms with Crippen molar-refractivity contribution in [2.75, 3.05) is 33.0 Å². The molecule has 0 aliphatic rings. The first kappa shape index (κ1) is 30.9. The van der Waals surface area contributed by atoms with E-state index in [-0.39, 0.29) is 32.6 Å². The first-order chi connectivity index (χ1) is 12.6. The zero-order valence-electron chi connectivity index (χ0n) is 20.4. The van der Waals surface area contributed by atoms with Crippen LogP contribution in [-0.4, -0.2) is 60.5 Å². The van der Waals surface area contributed by atoms with E-state index in [1.54, 1.807) is 12.3 Å². The normalized spacial score (nSPS) is 11.8. The fraction of sp³-hybridized carbons (Fsp3) is 0.792. The van der Waals surface area contributed by atoms with Gasteiger partial charge in [-0.15, -0.1) is 0 Å². The first-order valence-corrected chi connectivity index (χ1v) is 14.8. The summed E-state index contributed by atoms with van der Waals surface area (Å²) in [4.78, 5) is 2.20. The van der Waals surface area contributed by atoms with Gasteiger partial charge in [-0.1, -0.05) is 6.42 Å². The third-order valence-corrected chi connectivity index (χ3v) is 13.3. The Hall–Kier alpha value is 0.676. The predicted octanol–water partition coefficient (Wildman–Crippen LogP) is 6.95. The second-order valence-corrected chi connectivity index (χ2v) is 17.4. The molecule has 1 radical (unpaired) electrons. The molecule has 0 aromatic heterocycles. The van der Waals surface area contributed by atoms with Crippen molar-refractivity contribution in [3.05, 3.63) is 29.8 Å². The maximum atomic E-state index is 2.44. The van der Waals surface area contributed by atoms with Gasteiger partial charge in [0, 0.05) is 39.0 Å². The van der Waals surface area contributed by atoms with E-state index in [9.17, 15) is 0 Å². The molecule has 0 amide bonds. The van der Waals surface area contributed by atoms with Gasteiger partial charge in [0.1, 0.15) is 0 Å². The average Bonchev–Trinajstić information content (AvgIpc) is 3.05. The summed E-state index contributed by atoms with van der Waals surface area (Å²) < 4.78 is 0. The van der Waals surface area contributed by atoms with Crippen molar-refractivity contribution in [2.45, 2.75) is 90.9 Å². The average molecular weight is 474 g/mol. The summed E-state index contributed by atoms with van der Waals surface area (Å²) in [6.45, 7) is 20.6. The van der Waals surface area contributed by atoms with Gasteiger partial charge in [0.05, 0.1) is 35.0 Å². The summed E-state index contributed by atoms with van der Waals surface area (Å²) in [5.74, 6) is 0. The fourth-order valence-electron chi connectivity index (χ4n) is 3.92. The molecule has 0 spiro atoms. The van der Waals surface area contributed by atoms with E-state index < -0.39 is 0 Å². The molecule has 1 rings (SSSR count). The molecule has 4 heteroatoms. The zero-order valence-corrected chi connectivity index (χ0v) is 23.5. The van der Waals surface area contributed by atoms with E-state index in [1.807, 2.05) is 0 Å². The summed E-state index contributed by atoms with van der Waals surface area (Å²) >= 11 is 0. The van der Waals surface area contributed by atoms with Crippen molar-refractivity contribution >= 4 is 15.8 Å². The minimum atomic E-state index is -0.109. The maximum Gasteiger partial charge on any atom is 0.0621 e.